The van der Waals surface area contributed by atoms with Crippen LogP contribution in [0.4, 0.5) is 17.6 Å². The van der Waals surface area contributed by atoms with Crippen LogP contribution in [0.15, 0.2) is 0 Å². The van der Waals surface area contributed by atoms with Gasteiger partial charge >= 0.3 is 0 Å². The summed E-state index contributed by atoms with van der Waals surface area (Å²) in [6.07, 6.45) is 2.40. The van der Waals surface area contributed by atoms with E-state index in [2.05, 4.69) is 15.9 Å². The molecule has 0 radical (unpaired) electrons. The molecule has 0 aromatic carbocycles. The molecule has 0 aromatic heterocycles. The summed E-state index contributed by atoms with van der Waals surface area (Å²) in [6.45, 7) is 0.0656. The Morgan fingerprint density at radius 1 is 0.800 bits per heavy atom. The fraction of sp³-hybridized carbons (Fsp3) is 1.00. The van der Waals surface area contributed by atoms with Crippen molar-refractivity contribution in [3.8, 4) is 0 Å². The van der Waals surface area contributed by atoms with Crippen molar-refractivity contribution in [1.82, 2.24) is 0 Å². The molecule has 0 bridgehead atoms. The Balaban J connectivity index is 0.000000200. The summed E-state index contributed by atoms with van der Waals surface area (Å²) in [5, 5.41) is 9.49. The largest absolute Gasteiger partial charge is 0.396 e. The van der Waals surface area contributed by atoms with Crippen LogP contribution in [-0.4, -0.2) is 28.9 Å². The van der Waals surface area contributed by atoms with Crippen molar-refractivity contribution < 1.29 is 22.7 Å². The van der Waals surface area contributed by atoms with Crippen molar-refractivity contribution in [2.75, 3.05) is 11.9 Å². The molecule has 1 N–H and O–H groups in total. The molecule has 0 atom stereocenters. The summed E-state index contributed by atoms with van der Waals surface area (Å²) < 4.78 is 49.9. The number of aliphatic hydroxyl groups excluding tert-OH is 1. The third-order valence-corrected chi connectivity index (χ3v) is 5.07. The van der Waals surface area contributed by atoms with Crippen LogP contribution in [0.3, 0.4) is 0 Å². The first kappa shape index (κ1) is 18.2. The number of halogens is 5. The predicted octanol–water partition coefficient (Wildman–Crippen LogP) is 5.01. The molecular formula is C14H23BrF4O. The molecule has 0 saturated heterocycles. The maximum atomic E-state index is 12.5. The normalized spacial score (nSPS) is 26.7. The molecule has 2 rings (SSSR count). The SMILES string of the molecule is FC1(F)CCC(CBr)CC1.OCC1CCC(F)(F)CC1. The van der Waals surface area contributed by atoms with Crippen molar-refractivity contribution in [2.45, 2.75) is 63.2 Å². The monoisotopic (exact) mass is 362 g/mol. The van der Waals surface area contributed by atoms with E-state index in [0.29, 0.717) is 31.6 Å². The lowest BCUT2D eigenvalue weighted by Crippen LogP contribution is -2.25. The van der Waals surface area contributed by atoms with Gasteiger partial charge in [-0.2, -0.15) is 0 Å². The molecule has 2 saturated carbocycles. The highest BCUT2D eigenvalue weighted by molar-refractivity contribution is 9.09. The zero-order valence-electron chi connectivity index (χ0n) is 11.6. The van der Waals surface area contributed by atoms with Crippen LogP contribution in [-0.2, 0) is 0 Å². The fourth-order valence-electron chi connectivity index (χ4n) is 2.54. The van der Waals surface area contributed by atoms with Crippen LogP contribution < -0.4 is 0 Å². The fourth-order valence-corrected chi connectivity index (χ4v) is 3.18. The maximum absolute atomic E-state index is 12.5. The average Bonchev–Trinajstić information content (AvgIpc) is 2.40. The van der Waals surface area contributed by atoms with Crippen molar-refractivity contribution in [3.05, 3.63) is 0 Å². The molecule has 1 nitrogen and oxygen atoms in total. The van der Waals surface area contributed by atoms with Crippen LogP contribution in [0.2, 0.25) is 0 Å². The van der Waals surface area contributed by atoms with E-state index in [4.69, 9.17) is 5.11 Å². The van der Waals surface area contributed by atoms with Gasteiger partial charge in [-0.05, 0) is 37.5 Å². The van der Waals surface area contributed by atoms with Crippen LogP contribution in [0, 0.1) is 11.8 Å². The second-order valence-electron chi connectivity index (χ2n) is 5.94. The average molecular weight is 363 g/mol. The minimum absolute atomic E-state index is 0.0434. The Kier molecular flexibility index (Phi) is 7.25. The second-order valence-corrected chi connectivity index (χ2v) is 6.58. The maximum Gasteiger partial charge on any atom is 0.248 e. The van der Waals surface area contributed by atoms with Gasteiger partial charge in [0.2, 0.25) is 11.8 Å². The van der Waals surface area contributed by atoms with E-state index >= 15 is 0 Å². The quantitative estimate of drug-likeness (QED) is 0.540. The highest BCUT2D eigenvalue weighted by Gasteiger charge is 2.35. The Morgan fingerprint density at radius 3 is 1.45 bits per heavy atom. The first-order valence-electron chi connectivity index (χ1n) is 7.20. The summed E-state index contributed by atoms with van der Waals surface area (Å²) in [7, 11) is 0. The molecule has 0 spiro atoms. The van der Waals surface area contributed by atoms with E-state index in [1.807, 2.05) is 0 Å². The third-order valence-electron chi connectivity index (χ3n) is 4.15. The molecule has 6 heteroatoms. The van der Waals surface area contributed by atoms with E-state index < -0.39 is 11.8 Å². The van der Waals surface area contributed by atoms with Gasteiger partial charge in [0.05, 0.1) is 0 Å². The lowest BCUT2D eigenvalue weighted by molar-refractivity contribution is -0.0510. The van der Waals surface area contributed by atoms with Gasteiger partial charge in [0.25, 0.3) is 0 Å². The van der Waals surface area contributed by atoms with E-state index in [1.54, 1.807) is 0 Å². The predicted molar refractivity (Wildman–Crippen MR) is 74.7 cm³/mol. The van der Waals surface area contributed by atoms with Gasteiger partial charge < -0.3 is 5.11 Å². The van der Waals surface area contributed by atoms with Crippen molar-refractivity contribution in [3.63, 3.8) is 0 Å². The Hall–Kier alpha value is 0.160. The van der Waals surface area contributed by atoms with Crippen LogP contribution in [0.25, 0.3) is 0 Å². The number of rotatable bonds is 2. The Morgan fingerprint density at radius 2 is 1.15 bits per heavy atom. The van der Waals surface area contributed by atoms with Gasteiger partial charge in [-0.3, -0.25) is 0 Å². The van der Waals surface area contributed by atoms with Gasteiger partial charge in [-0.15, -0.1) is 0 Å². The molecule has 2 aliphatic rings. The highest BCUT2D eigenvalue weighted by atomic mass is 79.9. The van der Waals surface area contributed by atoms with Crippen LogP contribution in [0.1, 0.15) is 51.4 Å². The zero-order chi connectivity index (χ0) is 15.2. The van der Waals surface area contributed by atoms with Gasteiger partial charge in [-0.1, -0.05) is 15.9 Å². The highest BCUT2D eigenvalue weighted by Crippen LogP contribution is 2.36. The van der Waals surface area contributed by atoms with Gasteiger partial charge in [0, 0.05) is 37.6 Å². The van der Waals surface area contributed by atoms with E-state index in [-0.39, 0.29) is 38.2 Å². The summed E-state index contributed by atoms with van der Waals surface area (Å²) in [5.41, 5.74) is 0. The summed E-state index contributed by atoms with van der Waals surface area (Å²) >= 11 is 3.30. The molecule has 0 aromatic rings. The van der Waals surface area contributed by atoms with Crippen LogP contribution in [0.5, 0.6) is 0 Å². The lowest BCUT2D eigenvalue weighted by Gasteiger charge is -2.26. The van der Waals surface area contributed by atoms with Gasteiger partial charge in [0.15, 0.2) is 0 Å². The molecular weight excluding hydrogens is 340 g/mol. The number of aliphatic hydroxyl groups is 1. The first-order chi connectivity index (χ1) is 9.28. The van der Waals surface area contributed by atoms with Gasteiger partial charge in [-0.25, -0.2) is 17.6 Å². The minimum atomic E-state index is -2.45. The zero-order valence-corrected chi connectivity index (χ0v) is 13.1. The van der Waals surface area contributed by atoms with Crippen LogP contribution >= 0.6 is 15.9 Å². The third kappa shape index (κ3) is 6.74. The summed E-state index contributed by atoms with van der Waals surface area (Å²) in [5.74, 6) is -4.20. The van der Waals surface area contributed by atoms with Crippen molar-refractivity contribution in [2.24, 2.45) is 11.8 Å². The molecule has 120 valence electrons. The van der Waals surface area contributed by atoms with Crippen molar-refractivity contribution >= 4 is 15.9 Å². The standard InChI is InChI=1S/C7H11BrF2.C7H12F2O/c8-5-6-1-3-7(9,10)4-2-6;8-7(9)3-1-6(5-10)2-4-7/h6H,1-5H2;6,10H,1-5H2. The van der Waals surface area contributed by atoms with Crippen molar-refractivity contribution in [1.29, 1.82) is 0 Å². The minimum Gasteiger partial charge on any atom is -0.396 e. The summed E-state index contributed by atoms with van der Waals surface area (Å²) in [4.78, 5) is 0. The molecule has 2 fully saturated rings. The summed E-state index contributed by atoms with van der Waals surface area (Å²) in [6, 6.07) is 0. The lowest BCUT2D eigenvalue weighted by atomic mass is 9.87. The molecule has 0 amide bonds. The van der Waals surface area contributed by atoms with E-state index in [1.165, 1.54) is 0 Å². The number of alkyl halides is 5. The Bertz CT molecular complexity index is 238. The van der Waals surface area contributed by atoms with Gasteiger partial charge in [0.1, 0.15) is 0 Å². The van der Waals surface area contributed by atoms with E-state index in [9.17, 15) is 17.6 Å². The smallest absolute Gasteiger partial charge is 0.248 e. The first-order valence-corrected chi connectivity index (χ1v) is 8.32. The molecule has 0 unspecified atom stereocenters. The Labute approximate surface area is 126 Å². The topological polar surface area (TPSA) is 20.2 Å². The molecule has 2 aliphatic carbocycles. The number of hydrogen-bond donors (Lipinski definition) is 1. The van der Waals surface area contributed by atoms with E-state index in [0.717, 1.165) is 5.33 Å². The molecule has 20 heavy (non-hydrogen) atoms. The molecule has 0 heterocycles. The number of hydrogen-bond acceptors (Lipinski definition) is 1. The molecule has 0 aliphatic heterocycles. The second kappa shape index (κ2) is 7.97.